The Labute approximate surface area is 73.0 Å². The molecule has 8 heteroatoms. The summed E-state index contributed by atoms with van der Waals surface area (Å²) < 4.78 is 82.2. The van der Waals surface area contributed by atoms with Crippen molar-refractivity contribution in [3.05, 3.63) is 11.6 Å². The van der Waals surface area contributed by atoms with Crippen LogP contribution in [0.4, 0.5) is 30.7 Å². The van der Waals surface area contributed by atoms with Crippen LogP contribution >= 0.6 is 11.6 Å². The summed E-state index contributed by atoms with van der Waals surface area (Å²) in [5, 5.41) is -2.06. The summed E-state index contributed by atoms with van der Waals surface area (Å²) in [6, 6.07) is 0. The van der Waals surface area contributed by atoms with E-state index >= 15 is 0 Å². The Kier molecular flexibility index (Phi) is 2.93. The number of hydrogen-bond donors (Lipinski definition) is 0. The van der Waals surface area contributed by atoms with E-state index in [4.69, 9.17) is 0 Å². The molecule has 0 aliphatic carbocycles. The molecule has 0 aliphatic rings. The molecule has 0 spiro atoms. The predicted molar refractivity (Wildman–Crippen MR) is 30.9 cm³/mol. The molecule has 0 aromatic heterocycles. The maximum Gasteiger partial charge on any atom is 0.460 e. The van der Waals surface area contributed by atoms with Gasteiger partial charge in [0.1, 0.15) is 0 Å². The van der Waals surface area contributed by atoms with E-state index in [2.05, 4.69) is 18.2 Å². The lowest BCUT2D eigenvalue weighted by molar-refractivity contribution is -0.342. The van der Waals surface area contributed by atoms with Crippen LogP contribution in [0.25, 0.3) is 0 Å². The number of allylic oxidation sites excluding steroid dienone is 1. The Balaban J connectivity index is 5.16. The molecular weight excluding hydrogens is 228 g/mol. The Morgan fingerprint density at radius 3 is 1.31 bits per heavy atom. The smallest absolute Gasteiger partial charge is 0.193 e. The van der Waals surface area contributed by atoms with Crippen LogP contribution in [0, 0.1) is 0 Å². The highest BCUT2D eigenvalue weighted by Gasteiger charge is 2.73. The molecule has 0 atom stereocenters. The molecule has 0 nitrogen and oxygen atoms in total. The van der Waals surface area contributed by atoms with Crippen LogP contribution in [-0.2, 0) is 0 Å². The van der Waals surface area contributed by atoms with Gasteiger partial charge < -0.3 is 0 Å². The van der Waals surface area contributed by atoms with Crippen molar-refractivity contribution in [3.8, 4) is 0 Å². The van der Waals surface area contributed by atoms with Crippen LogP contribution in [-0.4, -0.2) is 18.0 Å². The molecule has 0 radical (unpaired) electrons. The van der Waals surface area contributed by atoms with Gasteiger partial charge in [-0.25, -0.2) is 0 Å². The largest absolute Gasteiger partial charge is 0.460 e. The van der Waals surface area contributed by atoms with Gasteiger partial charge >= 0.3 is 18.0 Å². The van der Waals surface area contributed by atoms with Crippen LogP contribution in [0.1, 0.15) is 0 Å². The maximum absolute atomic E-state index is 12.1. The van der Waals surface area contributed by atoms with Gasteiger partial charge in [-0.1, -0.05) is 18.2 Å². The van der Waals surface area contributed by atoms with E-state index in [0.29, 0.717) is 0 Å². The summed E-state index contributed by atoms with van der Waals surface area (Å²) in [7, 11) is 0. The third kappa shape index (κ3) is 1.90. The molecule has 0 rings (SSSR count). The fourth-order valence-corrected chi connectivity index (χ4v) is 0.467. The zero-order valence-corrected chi connectivity index (χ0v) is 6.49. The van der Waals surface area contributed by atoms with Crippen molar-refractivity contribution in [2.45, 2.75) is 18.0 Å². The monoisotopic (exact) mass is 230 g/mol. The first-order valence-corrected chi connectivity index (χ1v) is 2.99. The summed E-state index contributed by atoms with van der Waals surface area (Å²) in [5.74, 6) is -11.7. The van der Waals surface area contributed by atoms with E-state index in [0.717, 1.165) is 0 Å². The van der Waals surface area contributed by atoms with Crippen LogP contribution in [0.5, 0.6) is 0 Å². The van der Waals surface area contributed by atoms with Gasteiger partial charge in [0.2, 0.25) is 0 Å². The number of rotatable bonds is 2. The van der Waals surface area contributed by atoms with Gasteiger partial charge in [0.25, 0.3) is 0 Å². The van der Waals surface area contributed by atoms with Crippen molar-refractivity contribution in [3.63, 3.8) is 0 Å². The lowest BCUT2D eigenvalue weighted by Crippen LogP contribution is -2.51. The maximum atomic E-state index is 12.1. The zero-order chi connectivity index (χ0) is 11.1. The highest BCUT2D eigenvalue weighted by atomic mass is 35.5. The molecule has 78 valence electrons. The highest BCUT2D eigenvalue weighted by molar-refractivity contribution is 6.30. The second kappa shape index (κ2) is 3.04. The molecule has 0 amide bonds. The summed E-state index contributed by atoms with van der Waals surface area (Å²) >= 11 is 4.34. The quantitative estimate of drug-likeness (QED) is 0.636. The van der Waals surface area contributed by atoms with Gasteiger partial charge in [-0.2, -0.15) is 30.7 Å². The van der Waals surface area contributed by atoms with Gasteiger partial charge in [-0.05, 0) is 0 Å². The third-order valence-electron chi connectivity index (χ3n) is 1.09. The van der Waals surface area contributed by atoms with E-state index in [1.165, 1.54) is 0 Å². The third-order valence-corrected chi connectivity index (χ3v) is 1.33. The lowest BCUT2D eigenvalue weighted by Gasteiger charge is -2.27. The van der Waals surface area contributed by atoms with Gasteiger partial charge in [-0.3, -0.25) is 0 Å². The second-order valence-corrected chi connectivity index (χ2v) is 2.51. The van der Waals surface area contributed by atoms with Crippen LogP contribution in [0.3, 0.4) is 0 Å². The zero-order valence-electron chi connectivity index (χ0n) is 5.73. The number of alkyl halides is 7. The van der Waals surface area contributed by atoms with Crippen LogP contribution in [0.2, 0.25) is 0 Å². The van der Waals surface area contributed by atoms with Crippen molar-refractivity contribution in [1.29, 1.82) is 0 Å². The van der Waals surface area contributed by atoms with E-state index in [-0.39, 0.29) is 0 Å². The van der Waals surface area contributed by atoms with Crippen LogP contribution < -0.4 is 0 Å². The molecule has 0 fully saturated rings. The topological polar surface area (TPSA) is 0 Å². The average molecular weight is 231 g/mol. The molecule has 0 saturated heterocycles. The Morgan fingerprint density at radius 1 is 0.923 bits per heavy atom. The normalized spacial score (nSPS) is 14.5. The fourth-order valence-electron chi connectivity index (χ4n) is 0.348. The molecule has 0 bridgehead atoms. The molecular formula is C5H2ClF7. The Morgan fingerprint density at radius 2 is 1.23 bits per heavy atom. The minimum atomic E-state index is -6.37. The van der Waals surface area contributed by atoms with E-state index in [9.17, 15) is 30.7 Å². The molecule has 0 N–H and O–H groups in total. The predicted octanol–water partition coefficient (Wildman–Crippen LogP) is 3.57. The van der Waals surface area contributed by atoms with E-state index in [1.54, 1.807) is 0 Å². The van der Waals surface area contributed by atoms with Crippen molar-refractivity contribution in [1.82, 2.24) is 0 Å². The molecule has 0 aromatic carbocycles. The van der Waals surface area contributed by atoms with Crippen molar-refractivity contribution in [2.75, 3.05) is 0 Å². The van der Waals surface area contributed by atoms with Gasteiger partial charge in [0.15, 0.2) is 0 Å². The highest BCUT2D eigenvalue weighted by Crippen LogP contribution is 2.50. The molecule has 0 aromatic rings. The van der Waals surface area contributed by atoms with Gasteiger partial charge in [0, 0.05) is 0 Å². The van der Waals surface area contributed by atoms with E-state index in [1.807, 2.05) is 0 Å². The first-order chi connectivity index (χ1) is 5.44. The summed E-state index contributed by atoms with van der Waals surface area (Å²) in [5.41, 5.74) is 0. The lowest BCUT2D eigenvalue weighted by atomic mass is 10.1. The minimum absolute atomic E-state index is 2.06. The van der Waals surface area contributed by atoms with Crippen molar-refractivity contribution in [2.24, 2.45) is 0 Å². The molecule has 0 heterocycles. The molecule has 13 heavy (non-hydrogen) atoms. The van der Waals surface area contributed by atoms with Crippen molar-refractivity contribution >= 4 is 11.6 Å². The summed E-state index contributed by atoms with van der Waals surface area (Å²) in [6.45, 7) is 2.14. The summed E-state index contributed by atoms with van der Waals surface area (Å²) in [4.78, 5) is 0. The first-order valence-electron chi connectivity index (χ1n) is 2.62. The average Bonchev–Trinajstić information content (AvgIpc) is 1.84. The standard InChI is InChI=1S/C5H2ClF7/c1-2(6)3(7,8)4(9,10)5(11,12)13/h1H2. The summed E-state index contributed by atoms with van der Waals surface area (Å²) in [6.07, 6.45) is -6.37. The Hall–Kier alpha value is -0.460. The van der Waals surface area contributed by atoms with Crippen LogP contribution in [0.15, 0.2) is 11.6 Å². The Bertz CT molecular complexity index is 215. The SMILES string of the molecule is C=C(Cl)C(F)(F)C(F)(F)C(F)(F)F. The number of halogens is 8. The van der Waals surface area contributed by atoms with E-state index < -0.39 is 23.1 Å². The minimum Gasteiger partial charge on any atom is -0.193 e. The molecule has 0 aliphatic heterocycles. The first kappa shape index (κ1) is 12.5. The molecule has 0 saturated carbocycles. The molecule has 0 unspecified atom stereocenters. The van der Waals surface area contributed by atoms with Gasteiger partial charge in [-0.15, -0.1) is 0 Å². The second-order valence-electron chi connectivity index (χ2n) is 2.05. The number of hydrogen-bond acceptors (Lipinski definition) is 0. The fraction of sp³-hybridized carbons (Fsp3) is 0.600. The van der Waals surface area contributed by atoms with Gasteiger partial charge in [0.05, 0.1) is 5.03 Å². The van der Waals surface area contributed by atoms with Crippen molar-refractivity contribution < 1.29 is 30.7 Å².